The molecule has 0 saturated carbocycles. The van der Waals surface area contributed by atoms with E-state index in [0.29, 0.717) is 5.06 Å². The maximum Gasteiger partial charge on any atom is 0.198 e. The van der Waals surface area contributed by atoms with Crippen molar-refractivity contribution in [3.05, 3.63) is 11.9 Å². The first-order chi connectivity index (χ1) is 4.22. The normalized spacial score (nSPS) is 26.2. The van der Waals surface area contributed by atoms with Crippen LogP contribution in [0.15, 0.2) is 16.9 Å². The lowest BCUT2D eigenvalue weighted by molar-refractivity contribution is -0.0908. The Labute approximate surface area is 52.2 Å². The van der Waals surface area contributed by atoms with Crippen molar-refractivity contribution in [1.29, 1.82) is 0 Å². The summed E-state index contributed by atoms with van der Waals surface area (Å²) in [5.41, 5.74) is 10.5. The largest absolute Gasteiger partial charge is 0.384 e. The van der Waals surface area contributed by atoms with Gasteiger partial charge in [-0.25, -0.2) is 5.06 Å². The highest BCUT2D eigenvalue weighted by Crippen LogP contribution is 2.00. The number of allylic oxidation sites excluding steroid dienone is 1. The molecule has 5 N–H and O–H groups in total. The predicted octanol–water partition coefficient (Wildman–Crippen LogP) is -1.20. The first kappa shape index (κ1) is 6.06. The standard InChI is InChI=1S/C4H8N4O/c5-3-1-2-7-4(6)8(3)9/h1-2,4,9H,5-6H2. The van der Waals surface area contributed by atoms with Gasteiger partial charge in [-0.15, -0.1) is 0 Å². The van der Waals surface area contributed by atoms with Crippen LogP contribution in [0.4, 0.5) is 0 Å². The summed E-state index contributed by atoms with van der Waals surface area (Å²) in [7, 11) is 0. The average molecular weight is 128 g/mol. The van der Waals surface area contributed by atoms with Crippen LogP contribution in [0.1, 0.15) is 0 Å². The third-order valence-corrected chi connectivity index (χ3v) is 0.999. The molecule has 5 heteroatoms. The number of aliphatic imine (C=N–C) groups is 1. The first-order valence-corrected chi connectivity index (χ1v) is 2.44. The molecule has 0 aromatic heterocycles. The van der Waals surface area contributed by atoms with E-state index in [1.165, 1.54) is 12.3 Å². The molecule has 1 aliphatic heterocycles. The summed E-state index contributed by atoms with van der Waals surface area (Å²) < 4.78 is 0. The molecule has 0 fully saturated rings. The Morgan fingerprint density at radius 1 is 1.78 bits per heavy atom. The van der Waals surface area contributed by atoms with Gasteiger partial charge in [-0.1, -0.05) is 0 Å². The van der Waals surface area contributed by atoms with Gasteiger partial charge < -0.3 is 5.73 Å². The Morgan fingerprint density at radius 2 is 2.44 bits per heavy atom. The van der Waals surface area contributed by atoms with Crippen molar-refractivity contribution in [2.75, 3.05) is 0 Å². The van der Waals surface area contributed by atoms with Crippen molar-refractivity contribution in [1.82, 2.24) is 5.06 Å². The summed E-state index contributed by atoms with van der Waals surface area (Å²) in [4.78, 5) is 3.63. The van der Waals surface area contributed by atoms with E-state index in [4.69, 9.17) is 16.7 Å². The fourth-order valence-electron chi connectivity index (χ4n) is 0.500. The lowest BCUT2D eigenvalue weighted by atomic mass is 10.5. The van der Waals surface area contributed by atoms with Crippen LogP contribution in [-0.4, -0.2) is 22.8 Å². The highest BCUT2D eigenvalue weighted by molar-refractivity contribution is 5.72. The van der Waals surface area contributed by atoms with Crippen LogP contribution in [0.2, 0.25) is 0 Å². The van der Waals surface area contributed by atoms with Gasteiger partial charge in [-0.05, 0) is 6.08 Å². The van der Waals surface area contributed by atoms with Crippen LogP contribution in [0.3, 0.4) is 0 Å². The van der Waals surface area contributed by atoms with Crippen LogP contribution in [0.5, 0.6) is 0 Å². The molecule has 0 saturated heterocycles. The molecule has 5 nitrogen and oxygen atoms in total. The Balaban J connectivity index is 2.73. The van der Waals surface area contributed by atoms with Crippen molar-refractivity contribution < 1.29 is 5.21 Å². The summed E-state index contributed by atoms with van der Waals surface area (Å²) in [6, 6.07) is 0. The van der Waals surface area contributed by atoms with E-state index in [1.54, 1.807) is 0 Å². The molecule has 0 spiro atoms. The third kappa shape index (κ3) is 1.01. The van der Waals surface area contributed by atoms with Crippen LogP contribution in [-0.2, 0) is 0 Å². The van der Waals surface area contributed by atoms with Crippen molar-refractivity contribution >= 4 is 6.21 Å². The van der Waals surface area contributed by atoms with Crippen molar-refractivity contribution in [2.24, 2.45) is 16.5 Å². The van der Waals surface area contributed by atoms with Gasteiger partial charge in [-0.3, -0.25) is 15.9 Å². The van der Waals surface area contributed by atoms with E-state index in [9.17, 15) is 0 Å². The number of hydroxylamine groups is 2. The van der Waals surface area contributed by atoms with Gasteiger partial charge in [0.25, 0.3) is 0 Å². The molecule has 1 heterocycles. The Morgan fingerprint density at radius 3 is 2.89 bits per heavy atom. The average Bonchev–Trinajstić information content (AvgIpc) is 1.83. The molecule has 1 atom stereocenters. The molecule has 50 valence electrons. The molecule has 0 amide bonds. The van der Waals surface area contributed by atoms with E-state index >= 15 is 0 Å². The summed E-state index contributed by atoms with van der Waals surface area (Å²) >= 11 is 0. The lowest BCUT2D eigenvalue weighted by Crippen LogP contribution is -2.41. The van der Waals surface area contributed by atoms with Gasteiger partial charge in [0, 0.05) is 6.21 Å². The SMILES string of the molecule is NC1=CC=NC(N)N1O. The minimum Gasteiger partial charge on any atom is -0.384 e. The number of hydrogen-bond donors (Lipinski definition) is 3. The molecule has 0 radical (unpaired) electrons. The van der Waals surface area contributed by atoms with E-state index < -0.39 is 6.29 Å². The topological polar surface area (TPSA) is 87.9 Å². The zero-order valence-corrected chi connectivity index (χ0v) is 4.73. The van der Waals surface area contributed by atoms with Crippen molar-refractivity contribution in [3.63, 3.8) is 0 Å². The highest BCUT2D eigenvalue weighted by atomic mass is 16.5. The second-order valence-electron chi connectivity index (χ2n) is 1.65. The quantitative estimate of drug-likeness (QED) is 0.382. The van der Waals surface area contributed by atoms with Gasteiger partial charge in [0.05, 0.1) is 0 Å². The molecule has 1 aliphatic rings. The summed E-state index contributed by atoms with van der Waals surface area (Å²) in [6.07, 6.45) is 2.16. The van der Waals surface area contributed by atoms with Crippen LogP contribution in [0, 0.1) is 0 Å². The van der Waals surface area contributed by atoms with Crippen LogP contribution >= 0.6 is 0 Å². The fraction of sp³-hybridized carbons (Fsp3) is 0.250. The minimum atomic E-state index is -0.755. The minimum absolute atomic E-state index is 0.206. The summed E-state index contributed by atoms with van der Waals surface area (Å²) in [5.74, 6) is 0.206. The van der Waals surface area contributed by atoms with Gasteiger partial charge >= 0.3 is 0 Å². The predicted molar refractivity (Wildman–Crippen MR) is 32.4 cm³/mol. The van der Waals surface area contributed by atoms with Gasteiger partial charge in [0.2, 0.25) is 0 Å². The fourth-order valence-corrected chi connectivity index (χ4v) is 0.500. The summed E-state index contributed by atoms with van der Waals surface area (Å²) in [6.45, 7) is 0. The molecule has 0 aliphatic carbocycles. The monoisotopic (exact) mass is 128 g/mol. The molecular formula is C4H8N4O. The van der Waals surface area contributed by atoms with Crippen molar-refractivity contribution in [3.8, 4) is 0 Å². The highest BCUT2D eigenvalue weighted by Gasteiger charge is 2.12. The molecule has 1 unspecified atom stereocenters. The zero-order chi connectivity index (χ0) is 6.85. The second-order valence-corrected chi connectivity index (χ2v) is 1.65. The van der Waals surface area contributed by atoms with Gasteiger partial charge in [0.1, 0.15) is 5.82 Å². The maximum absolute atomic E-state index is 8.85. The van der Waals surface area contributed by atoms with Crippen molar-refractivity contribution in [2.45, 2.75) is 6.29 Å². The molecule has 0 aromatic rings. The van der Waals surface area contributed by atoms with Gasteiger partial charge in [-0.2, -0.15) is 0 Å². The van der Waals surface area contributed by atoms with E-state index in [2.05, 4.69) is 4.99 Å². The molecular weight excluding hydrogens is 120 g/mol. The Bertz CT molecular complexity index is 164. The maximum atomic E-state index is 8.85. The number of hydrogen-bond acceptors (Lipinski definition) is 5. The van der Waals surface area contributed by atoms with Crippen LogP contribution in [0.25, 0.3) is 0 Å². The number of rotatable bonds is 0. The summed E-state index contributed by atoms with van der Waals surface area (Å²) in [5, 5.41) is 9.54. The first-order valence-electron chi connectivity index (χ1n) is 2.44. The van der Waals surface area contributed by atoms with E-state index in [-0.39, 0.29) is 5.82 Å². The third-order valence-electron chi connectivity index (χ3n) is 0.999. The molecule has 1 rings (SSSR count). The van der Waals surface area contributed by atoms with Crippen LogP contribution < -0.4 is 11.5 Å². The number of nitrogens with zero attached hydrogens (tertiary/aromatic N) is 2. The lowest BCUT2D eigenvalue weighted by Gasteiger charge is -2.22. The molecule has 0 bridgehead atoms. The van der Waals surface area contributed by atoms with E-state index in [1.807, 2.05) is 0 Å². The van der Waals surface area contributed by atoms with Gasteiger partial charge in [0.15, 0.2) is 6.29 Å². The number of nitrogens with two attached hydrogens (primary N) is 2. The second kappa shape index (κ2) is 2.04. The Kier molecular flexibility index (Phi) is 1.37. The molecule has 0 aromatic carbocycles. The zero-order valence-electron chi connectivity index (χ0n) is 4.73. The van der Waals surface area contributed by atoms with E-state index in [0.717, 1.165) is 0 Å². The smallest absolute Gasteiger partial charge is 0.198 e. The molecule has 9 heavy (non-hydrogen) atoms. The Hall–Kier alpha value is -1.07.